The van der Waals surface area contributed by atoms with E-state index < -0.39 is 149 Å². The molecule has 18 atom stereocenters. The summed E-state index contributed by atoms with van der Waals surface area (Å²) < 4.78 is 20.0. The van der Waals surface area contributed by atoms with Crippen molar-refractivity contribution in [2.75, 3.05) is 26.4 Å². The van der Waals surface area contributed by atoms with Crippen LogP contribution in [0.3, 0.4) is 0 Å². The second-order valence-corrected chi connectivity index (χ2v) is 10.6. The summed E-state index contributed by atoms with van der Waals surface area (Å²) in [5.41, 5.74) is 0. The van der Waals surface area contributed by atoms with Gasteiger partial charge in [0.2, 0.25) is 0 Å². The monoisotopic (exact) mass is 756 g/mol. The first-order valence-electron chi connectivity index (χ1n) is 14.0. The Morgan fingerprint density at radius 1 is 0.531 bits per heavy atom. The van der Waals surface area contributed by atoms with Gasteiger partial charge in [-0.2, -0.15) is 0 Å². The van der Waals surface area contributed by atoms with Gasteiger partial charge in [-0.05, 0) is 0 Å². The molecule has 0 amide bonds. The molecule has 286 valence electrons. The van der Waals surface area contributed by atoms with Crippen LogP contribution in [0.5, 0.6) is 0 Å². The molecule has 2 aliphatic heterocycles. The second-order valence-electron chi connectivity index (χ2n) is 10.6. The van der Waals surface area contributed by atoms with E-state index in [0.29, 0.717) is 0 Å². The van der Waals surface area contributed by atoms with Crippen molar-refractivity contribution in [1.82, 2.24) is 0 Å². The van der Waals surface area contributed by atoms with Crippen molar-refractivity contribution < 1.29 is 120 Å². The molecule has 2 aliphatic rings. The Kier molecular flexibility index (Phi) is 22.2. The maximum atomic E-state index is 10.7. The minimum absolute atomic E-state index is 0. The number of carbonyl (C=O) groups is 2. The number of rotatable bonds is 16. The van der Waals surface area contributed by atoms with E-state index in [1.807, 2.05) is 0 Å². The van der Waals surface area contributed by atoms with Crippen molar-refractivity contribution >= 4 is 49.7 Å². The summed E-state index contributed by atoms with van der Waals surface area (Å²) in [6.45, 7) is -3.52. The van der Waals surface area contributed by atoms with E-state index in [9.17, 15) is 70.9 Å². The molecule has 0 saturated carbocycles. The van der Waals surface area contributed by atoms with Gasteiger partial charge >= 0.3 is 11.9 Å². The van der Waals surface area contributed by atoms with Crippen molar-refractivity contribution in [3.8, 4) is 0 Å². The molecule has 0 spiro atoms. The Morgan fingerprint density at radius 2 is 0.816 bits per heavy atom. The van der Waals surface area contributed by atoms with Crippen LogP contribution in [0.1, 0.15) is 0 Å². The zero-order chi connectivity index (χ0) is 37.2. The summed E-state index contributed by atoms with van der Waals surface area (Å²) in [7, 11) is 0. The Hall–Kier alpha value is -0.600. The molecule has 0 bridgehead atoms. The standard InChI is InChI=1S/2C12H22O12.Ca/c2*13-1-3(15)10(7(18)8(19)11(21)22)24-12-9(20)6(17)5(16)4(2-14)23-12;/h2*3-10,12-20H,1-2H2,(H,21,22);/t2*3-,4-,5+,6+,7-,8-,9-,10-,12+;/m11./s1. The number of ether oxygens (including phenoxy) is 4. The molecule has 24 nitrogen and oxygen atoms in total. The number of hydrogen-bond acceptors (Lipinski definition) is 22. The average molecular weight is 757 g/mol. The van der Waals surface area contributed by atoms with Gasteiger partial charge in [0.15, 0.2) is 24.8 Å². The van der Waals surface area contributed by atoms with Crippen molar-refractivity contribution in [2.24, 2.45) is 0 Å². The zero-order valence-electron chi connectivity index (χ0n) is 25.4. The van der Waals surface area contributed by atoms with E-state index in [1.54, 1.807) is 0 Å². The molecule has 0 aromatic carbocycles. The molecule has 2 saturated heterocycles. The first-order chi connectivity index (χ1) is 22.3. The summed E-state index contributed by atoms with van der Waals surface area (Å²) in [5, 5.41) is 169. The van der Waals surface area contributed by atoms with Crippen LogP contribution in [-0.4, -0.2) is 278 Å². The quantitative estimate of drug-likeness (QED) is 0.0650. The second kappa shape index (κ2) is 22.5. The van der Waals surface area contributed by atoms with Crippen LogP contribution in [-0.2, 0) is 28.5 Å². The molecular weight excluding hydrogens is 712 g/mol. The number of carboxylic acids is 2. The fourth-order valence-electron chi connectivity index (χ4n) is 4.33. The summed E-state index contributed by atoms with van der Waals surface area (Å²) >= 11 is 0. The van der Waals surface area contributed by atoms with E-state index in [-0.39, 0.29) is 37.7 Å². The van der Waals surface area contributed by atoms with Crippen LogP contribution in [0.15, 0.2) is 0 Å². The van der Waals surface area contributed by atoms with Gasteiger partial charge in [0.25, 0.3) is 0 Å². The number of aliphatic hydroxyl groups is 16. The molecule has 49 heavy (non-hydrogen) atoms. The van der Waals surface area contributed by atoms with Crippen LogP contribution in [0.2, 0.25) is 0 Å². The van der Waals surface area contributed by atoms with E-state index in [4.69, 9.17) is 49.6 Å². The van der Waals surface area contributed by atoms with Crippen molar-refractivity contribution in [3.05, 3.63) is 0 Å². The van der Waals surface area contributed by atoms with Gasteiger partial charge in [0.05, 0.1) is 26.4 Å². The Bertz CT molecular complexity index is 888. The van der Waals surface area contributed by atoms with E-state index in [0.717, 1.165) is 0 Å². The topological polar surface area (TPSA) is 435 Å². The van der Waals surface area contributed by atoms with Crippen LogP contribution in [0.25, 0.3) is 0 Å². The molecule has 0 aromatic heterocycles. The Morgan fingerprint density at radius 3 is 1.04 bits per heavy atom. The van der Waals surface area contributed by atoms with E-state index in [2.05, 4.69) is 0 Å². The van der Waals surface area contributed by atoms with Crippen LogP contribution >= 0.6 is 0 Å². The fraction of sp³-hybridized carbons (Fsp3) is 0.917. The van der Waals surface area contributed by atoms with E-state index in [1.165, 1.54) is 0 Å². The third-order valence-corrected chi connectivity index (χ3v) is 7.24. The summed E-state index contributed by atoms with van der Waals surface area (Å²) in [6, 6.07) is 0. The predicted molar refractivity (Wildman–Crippen MR) is 149 cm³/mol. The van der Waals surface area contributed by atoms with Gasteiger partial charge in [-0.15, -0.1) is 0 Å². The molecule has 0 aliphatic carbocycles. The maximum Gasteiger partial charge on any atom is 0.335 e. The third-order valence-electron chi connectivity index (χ3n) is 7.24. The van der Waals surface area contributed by atoms with Gasteiger partial charge in [-0.25, -0.2) is 9.59 Å². The van der Waals surface area contributed by atoms with Gasteiger partial charge in [-0.1, -0.05) is 0 Å². The Balaban J connectivity index is 0.000000922. The van der Waals surface area contributed by atoms with E-state index >= 15 is 0 Å². The van der Waals surface area contributed by atoms with Gasteiger partial charge in [-0.3, -0.25) is 0 Å². The molecule has 0 aromatic rings. The zero-order valence-corrected chi connectivity index (χ0v) is 27.6. The largest absolute Gasteiger partial charge is 0.479 e. The number of aliphatic carboxylic acids is 2. The number of aliphatic hydroxyl groups excluding tert-OH is 16. The average Bonchev–Trinajstić information content (AvgIpc) is 3.07. The fourth-order valence-corrected chi connectivity index (χ4v) is 4.33. The SMILES string of the molecule is O=C(O)[C@H](O)[C@@H](O)[C@H](O[C@@H]1O[C@H](CO)[C@H](O)[C@H](O)[C@H]1O)[C@H](O)CO.O=C(O)[C@H](O)[C@@H](O)[C@H](O[C@@H]1O[C@H](CO)[C@H](O)[C@H](O)[C@H]1O)[C@H](O)CO.[Ca]. The minimum Gasteiger partial charge on any atom is -0.479 e. The summed E-state index contributed by atoms with van der Waals surface area (Å²) in [4.78, 5) is 21.4. The van der Waals surface area contributed by atoms with Crippen molar-refractivity contribution in [1.29, 1.82) is 0 Å². The first-order valence-corrected chi connectivity index (χ1v) is 14.0. The molecule has 0 unspecified atom stereocenters. The molecule has 2 heterocycles. The van der Waals surface area contributed by atoms with Gasteiger partial charge in [0, 0.05) is 37.7 Å². The Labute approximate surface area is 305 Å². The van der Waals surface area contributed by atoms with Gasteiger partial charge < -0.3 is 111 Å². The molecule has 2 fully saturated rings. The maximum absolute atomic E-state index is 10.7. The molecule has 2 radical (unpaired) electrons. The first kappa shape index (κ1) is 48.4. The van der Waals surface area contributed by atoms with Crippen LogP contribution in [0.4, 0.5) is 0 Å². The van der Waals surface area contributed by atoms with Crippen molar-refractivity contribution in [3.63, 3.8) is 0 Å². The molecular formula is C24H44CaO24. The molecule has 25 heteroatoms. The predicted octanol–water partition coefficient (Wildman–Crippen LogP) is -11.7. The normalized spacial score (nSPS) is 35.2. The smallest absolute Gasteiger partial charge is 0.335 e. The molecule has 18 N–H and O–H groups in total. The number of carboxylic acid groups (broad SMARTS) is 2. The van der Waals surface area contributed by atoms with Crippen LogP contribution < -0.4 is 0 Å². The van der Waals surface area contributed by atoms with Crippen LogP contribution in [0, 0.1) is 0 Å². The summed E-state index contributed by atoms with van der Waals surface area (Å²) in [5.74, 6) is -3.68. The number of hydrogen-bond donors (Lipinski definition) is 18. The minimum atomic E-state index is -2.39. The third kappa shape index (κ3) is 12.8. The van der Waals surface area contributed by atoms with Gasteiger partial charge in [0.1, 0.15) is 85.5 Å². The van der Waals surface area contributed by atoms with Crippen molar-refractivity contribution in [2.45, 2.75) is 110 Å². The summed E-state index contributed by atoms with van der Waals surface area (Å²) in [6.07, 6.45) is -33.9. The molecule has 2 rings (SSSR count).